The molecular weight excluding hydrogens is 406 g/mol. The first-order chi connectivity index (χ1) is 15.3. The summed E-state index contributed by atoms with van der Waals surface area (Å²) in [5, 5.41) is 12.4. The van der Waals surface area contributed by atoms with E-state index in [1.165, 1.54) is 4.68 Å². The number of aryl methyl sites for hydroxylation is 2. The quantitative estimate of drug-likeness (QED) is 0.479. The number of likely N-dealkylation sites (N-methyl/N-ethyl adjacent to an activating group) is 1. The van der Waals surface area contributed by atoms with Crippen LogP contribution in [0.1, 0.15) is 11.3 Å². The molecule has 4 aromatic rings. The zero-order chi connectivity index (χ0) is 22.8. The van der Waals surface area contributed by atoms with Crippen molar-refractivity contribution in [3.8, 4) is 11.5 Å². The van der Waals surface area contributed by atoms with Crippen molar-refractivity contribution in [1.82, 2.24) is 34.3 Å². The molecule has 0 aliphatic rings. The van der Waals surface area contributed by atoms with E-state index in [1.807, 2.05) is 79.3 Å². The average molecular weight is 434 g/mol. The Morgan fingerprint density at radius 2 is 1.75 bits per heavy atom. The molecule has 0 aliphatic carbocycles. The molecule has 0 saturated carbocycles. The summed E-state index contributed by atoms with van der Waals surface area (Å²) in [5.41, 5.74) is 2.72. The summed E-state index contributed by atoms with van der Waals surface area (Å²) in [4.78, 5) is 27.8. The van der Waals surface area contributed by atoms with Crippen LogP contribution in [0.15, 0.2) is 53.6 Å². The van der Waals surface area contributed by atoms with Crippen LogP contribution in [-0.2, 0) is 11.3 Å². The Labute approximate surface area is 185 Å². The van der Waals surface area contributed by atoms with E-state index in [2.05, 4.69) is 10.4 Å². The number of rotatable bonds is 7. The van der Waals surface area contributed by atoms with E-state index >= 15 is 0 Å². The van der Waals surface area contributed by atoms with Crippen molar-refractivity contribution >= 4 is 16.8 Å². The molecule has 0 bridgehead atoms. The zero-order valence-corrected chi connectivity index (χ0v) is 18.7. The lowest BCUT2D eigenvalue weighted by molar-refractivity contribution is -0.121. The number of benzene rings is 1. The van der Waals surface area contributed by atoms with Crippen molar-refractivity contribution in [2.75, 3.05) is 27.2 Å². The number of nitrogens with zero attached hydrogens (tertiary/aromatic N) is 6. The van der Waals surface area contributed by atoms with Gasteiger partial charge in [0.1, 0.15) is 17.4 Å². The van der Waals surface area contributed by atoms with Gasteiger partial charge in [0, 0.05) is 25.5 Å². The molecule has 0 spiro atoms. The molecule has 1 N–H and O–H groups in total. The van der Waals surface area contributed by atoms with Crippen molar-refractivity contribution in [2.45, 2.75) is 20.4 Å². The molecule has 3 heterocycles. The number of amides is 1. The molecular formula is C23H27N7O2. The number of nitrogens with one attached hydrogen (secondary N) is 1. The third-order valence-corrected chi connectivity index (χ3v) is 5.22. The number of hydrogen-bond donors (Lipinski definition) is 1. The maximum atomic E-state index is 13.5. The van der Waals surface area contributed by atoms with Gasteiger partial charge in [0.05, 0.1) is 11.4 Å². The van der Waals surface area contributed by atoms with Crippen LogP contribution in [0.2, 0.25) is 0 Å². The zero-order valence-electron chi connectivity index (χ0n) is 18.7. The average Bonchev–Trinajstić information content (AvgIpc) is 3.40. The van der Waals surface area contributed by atoms with Gasteiger partial charge in [0.25, 0.3) is 5.56 Å². The largest absolute Gasteiger partial charge is 0.353 e. The Balaban J connectivity index is 1.83. The standard InChI is InChI=1S/C23H27N7O2/c1-16-7-9-18(10-8-16)30-22(28-12-5-6-13-28)20-21(26-30)17(2)25-29(23(20)32)15-19(31)24-11-14-27(3)4/h5-10,12-13H,11,14-15H2,1-4H3,(H,24,31). The Bertz CT molecular complexity index is 1300. The molecule has 166 valence electrons. The summed E-state index contributed by atoms with van der Waals surface area (Å²) in [6.07, 6.45) is 3.74. The lowest BCUT2D eigenvalue weighted by Crippen LogP contribution is -2.37. The Morgan fingerprint density at radius 3 is 2.41 bits per heavy atom. The Morgan fingerprint density at radius 1 is 1.06 bits per heavy atom. The van der Waals surface area contributed by atoms with Crippen LogP contribution >= 0.6 is 0 Å². The lowest BCUT2D eigenvalue weighted by atomic mass is 10.2. The van der Waals surface area contributed by atoms with Crippen molar-refractivity contribution in [3.63, 3.8) is 0 Å². The van der Waals surface area contributed by atoms with E-state index in [1.54, 1.807) is 11.6 Å². The minimum atomic E-state index is -0.351. The molecule has 9 heteroatoms. The normalized spacial score (nSPS) is 11.4. The van der Waals surface area contributed by atoms with Crippen molar-refractivity contribution in [1.29, 1.82) is 0 Å². The summed E-state index contributed by atoms with van der Waals surface area (Å²) in [5.74, 6) is 0.361. The molecule has 4 rings (SSSR count). The molecule has 0 atom stereocenters. The SMILES string of the molecule is Cc1ccc(-n2nc3c(C)nn(CC(=O)NCCN(C)C)c(=O)c3c2-n2cccc2)cc1. The highest BCUT2D eigenvalue weighted by atomic mass is 16.2. The molecule has 32 heavy (non-hydrogen) atoms. The number of carbonyl (C=O) groups excluding carboxylic acids is 1. The third-order valence-electron chi connectivity index (χ3n) is 5.22. The first-order valence-corrected chi connectivity index (χ1v) is 10.5. The van der Waals surface area contributed by atoms with Crippen LogP contribution < -0.4 is 10.9 Å². The van der Waals surface area contributed by atoms with E-state index in [-0.39, 0.29) is 18.0 Å². The Kier molecular flexibility index (Phi) is 5.91. The van der Waals surface area contributed by atoms with Crippen molar-refractivity contribution in [3.05, 3.63) is 70.4 Å². The summed E-state index contributed by atoms with van der Waals surface area (Å²) >= 11 is 0. The summed E-state index contributed by atoms with van der Waals surface area (Å²) in [7, 11) is 3.87. The number of hydrogen-bond acceptors (Lipinski definition) is 5. The maximum Gasteiger partial charge on any atom is 0.280 e. The summed E-state index contributed by atoms with van der Waals surface area (Å²) in [6, 6.07) is 11.7. The summed E-state index contributed by atoms with van der Waals surface area (Å²) < 4.78 is 4.83. The fraction of sp³-hybridized carbons (Fsp3) is 0.304. The highest BCUT2D eigenvalue weighted by molar-refractivity contribution is 5.88. The smallest absolute Gasteiger partial charge is 0.280 e. The van der Waals surface area contributed by atoms with Crippen molar-refractivity contribution < 1.29 is 4.79 Å². The minimum absolute atomic E-state index is 0.149. The number of fused-ring (bicyclic) bond motifs is 1. The highest BCUT2D eigenvalue weighted by Gasteiger charge is 2.22. The van der Waals surface area contributed by atoms with Gasteiger partial charge in [0.2, 0.25) is 5.91 Å². The molecule has 9 nitrogen and oxygen atoms in total. The van der Waals surface area contributed by atoms with Crippen LogP contribution in [0.3, 0.4) is 0 Å². The fourth-order valence-electron chi connectivity index (χ4n) is 3.56. The first-order valence-electron chi connectivity index (χ1n) is 10.5. The second kappa shape index (κ2) is 8.80. The number of aromatic nitrogens is 5. The van der Waals surface area contributed by atoms with E-state index in [0.29, 0.717) is 35.5 Å². The Hall–Kier alpha value is -3.72. The van der Waals surface area contributed by atoms with Crippen molar-refractivity contribution in [2.24, 2.45) is 0 Å². The molecule has 0 radical (unpaired) electrons. The van der Waals surface area contributed by atoms with Gasteiger partial charge in [-0.3, -0.25) is 9.59 Å². The molecule has 3 aromatic heterocycles. The van der Waals surface area contributed by atoms with Gasteiger partial charge in [-0.15, -0.1) is 0 Å². The predicted molar refractivity (Wildman–Crippen MR) is 123 cm³/mol. The van der Waals surface area contributed by atoms with Crippen LogP contribution in [0.25, 0.3) is 22.4 Å². The first kappa shape index (κ1) is 21.5. The number of carbonyl (C=O) groups is 1. The third kappa shape index (κ3) is 4.19. The highest BCUT2D eigenvalue weighted by Crippen LogP contribution is 2.24. The fourth-order valence-corrected chi connectivity index (χ4v) is 3.56. The summed E-state index contributed by atoms with van der Waals surface area (Å²) in [6.45, 7) is 4.89. The molecule has 0 aliphatic heterocycles. The van der Waals surface area contributed by atoms with Gasteiger partial charge < -0.3 is 14.8 Å². The molecule has 0 saturated heterocycles. The van der Waals surface area contributed by atoms with Crippen LogP contribution in [0, 0.1) is 13.8 Å². The van der Waals surface area contributed by atoms with Crippen LogP contribution in [0.5, 0.6) is 0 Å². The van der Waals surface area contributed by atoms with Gasteiger partial charge in [-0.05, 0) is 52.2 Å². The molecule has 0 fully saturated rings. The van der Waals surface area contributed by atoms with Gasteiger partial charge in [-0.25, -0.2) is 9.36 Å². The van der Waals surface area contributed by atoms with E-state index in [4.69, 9.17) is 5.10 Å². The molecule has 1 amide bonds. The molecule has 1 aromatic carbocycles. The van der Waals surface area contributed by atoms with Gasteiger partial charge in [0.15, 0.2) is 5.82 Å². The topological polar surface area (TPSA) is 90.0 Å². The predicted octanol–water partition coefficient (Wildman–Crippen LogP) is 1.67. The van der Waals surface area contributed by atoms with Gasteiger partial charge >= 0.3 is 0 Å². The van der Waals surface area contributed by atoms with Gasteiger partial charge in [-0.2, -0.15) is 10.2 Å². The van der Waals surface area contributed by atoms with E-state index in [9.17, 15) is 9.59 Å². The van der Waals surface area contributed by atoms with Gasteiger partial charge in [-0.1, -0.05) is 17.7 Å². The monoisotopic (exact) mass is 433 g/mol. The molecule has 0 unspecified atom stereocenters. The van der Waals surface area contributed by atoms with E-state index in [0.717, 1.165) is 11.3 Å². The maximum absolute atomic E-state index is 13.5. The van der Waals surface area contributed by atoms with E-state index < -0.39 is 0 Å². The second-order valence-electron chi connectivity index (χ2n) is 8.09. The lowest BCUT2D eigenvalue weighted by Gasteiger charge is -2.11. The minimum Gasteiger partial charge on any atom is -0.353 e. The van der Waals surface area contributed by atoms with Crippen LogP contribution in [-0.4, -0.2) is 62.1 Å². The van der Waals surface area contributed by atoms with Crippen LogP contribution in [0.4, 0.5) is 0 Å². The second-order valence-corrected chi connectivity index (χ2v) is 8.09.